The molecule has 4 aliphatic rings. The van der Waals surface area contributed by atoms with Gasteiger partial charge in [0.15, 0.2) is 11.9 Å². The molecule has 1 aromatic carbocycles. The number of furan rings is 1. The Balaban J connectivity index is 0.00000302. The fraction of sp³-hybridized carbons (Fsp3) is 0.556. The van der Waals surface area contributed by atoms with Crippen LogP contribution in [-0.4, -0.2) is 104 Å². The molecular formula is C36H43Ac2NO13. The first-order valence-electron chi connectivity index (χ1n) is 16.5. The number of rotatable bonds is 7. The van der Waals surface area contributed by atoms with E-state index in [1.54, 1.807) is 32.0 Å². The molecule has 1 aliphatic heterocycles. The van der Waals surface area contributed by atoms with Crippen LogP contribution in [0.4, 0.5) is 0 Å². The SMILES string of the molecule is CC(=O)NC(c1ccco1)C(O)C(=O)OC1CC2(O)C(OC(=O)c3ccccc3)C3C4(O)COC4CC(O)[C@@]3(C)C(=O)C(O)C(=C1C)C2(C)C.[Ac].[Ac]. The van der Waals surface area contributed by atoms with Crippen LogP contribution in [-0.2, 0) is 28.6 Å². The van der Waals surface area contributed by atoms with Crippen LogP contribution in [0.2, 0.25) is 0 Å². The van der Waals surface area contributed by atoms with E-state index in [2.05, 4.69) is 5.32 Å². The first-order valence-corrected chi connectivity index (χ1v) is 16.5. The number of hydrogen-bond donors (Lipinski definition) is 6. The molecule has 0 spiro atoms. The van der Waals surface area contributed by atoms with Crippen LogP contribution in [0.3, 0.4) is 0 Å². The van der Waals surface area contributed by atoms with Crippen molar-refractivity contribution in [3.8, 4) is 0 Å². The molecule has 10 unspecified atom stereocenters. The monoisotopic (exact) mass is 1150 g/mol. The number of ketones is 1. The molecule has 14 nitrogen and oxygen atoms in total. The number of ether oxygens (including phenoxy) is 3. The number of amides is 1. The average molecular weight is 1150 g/mol. The van der Waals surface area contributed by atoms with E-state index in [0.29, 0.717) is 0 Å². The van der Waals surface area contributed by atoms with Gasteiger partial charge in [-0.25, -0.2) is 9.59 Å². The molecule has 2 bridgehead atoms. The van der Waals surface area contributed by atoms with Crippen molar-refractivity contribution in [3.05, 3.63) is 71.2 Å². The molecule has 1 aromatic heterocycles. The van der Waals surface area contributed by atoms with Crippen LogP contribution in [0, 0.1) is 105 Å². The van der Waals surface area contributed by atoms with E-state index in [1.165, 1.54) is 51.3 Å². The maximum atomic E-state index is 14.6. The summed E-state index contributed by atoms with van der Waals surface area (Å²) in [5.41, 5.74) is -7.48. The summed E-state index contributed by atoms with van der Waals surface area (Å²) in [6.07, 6.45) is -8.96. The van der Waals surface area contributed by atoms with Crippen molar-refractivity contribution in [1.29, 1.82) is 0 Å². The van der Waals surface area contributed by atoms with Gasteiger partial charge in [-0.05, 0) is 49.3 Å². The molecular weight excluding hydrogens is 1110 g/mol. The fourth-order valence-electron chi connectivity index (χ4n) is 8.72. The van der Waals surface area contributed by atoms with Gasteiger partial charge in [-0.2, -0.15) is 0 Å². The second-order valence-electron chi connectivity index (χ2n) is 14.7. The number of aliphatic hydroxyl groups is 5. The van der Waals surface area contributed by atoms with Crippen molar-refractivity contribution in [1.82, 2.24) is 5.32 Å². The summed E-state index contributed by atoms with van der Waals surface area (Å²) in [4.78, 5) is 54.0. The summed E-state index contributed by atoms with van der Waals surface area (Å²) < 4.78 is 22.9. The van der Waals surface area contributed by atoms with E-state index < -0.39 is 101 Å². The molecule has 2 radical (unpaired) electrons. The molecule has 276 valence electrons. The predicted octanol–water partition coefficient (Wildman–Crippen LogP) is 0.893. The topological polar surface area (TPSA) is 222 Å². The van der Waals surface area contributed by atoms with Crippen LogP contribution in [0.1, 0.15) is 69.6 Å². The zero-order valence-corrected chi connectivity index (χ0v) is 39.0. The number of aliphatic hydroxyl groups excluding tert-OH is 3. The van der Waals surface area contributed by atoms with E-state index in [9.17, 15) is 44.7 Å². The summed E-state index contributed by atoms with van der Waals surface area (Å²) in [5.74, 6) is -5.06. The van der Waals surface area contributed by atoms with E-state index in [4.69, 9.17) is 18.6 Å². The molecule has 16 heteroatoms. The van der Waals surface area contributed by atoms with Crippen LogP contribution in [0.5, 0.6) is 0 Å². The van der Waals surface area contributed by atoms with E-state index in [1.807, 2.05) is 0 Å². The van der Waals surface area contributed by atoms with Crippen LogP contribution in [0.15, 0.2) is 64.3 Å². The number of nitrogens with one attached hydrogen (secondary N) is 1. The van der Waals surface area contributed by atoms with Gasteiger partial charge in [0.1, 0.15) is 41.3 Å². The second kappa shape index (κ2) is 15.8. The van der Waals surface area contributed by atoms with Crippen molar-refractivity contribution in [2.75, 3.05) is 6.61 Å². The van der Waals surface area contributed by atoms with Gasteiger partial charge in [-0.3, -0.25) is 9.59 Å². The van der Waals surface area contributed by atoms with Crippen molar-refractivity contribution >= 4 is 23.6 Å². The molecule has 2 aromatic rings. The predicted molar refractivity (Wildman–Crippen MR) is 171 cm³/mol. The minimum absolute atomic E-state index is 0. The minimum atomic E-state index is -2.29. The normalized spacial score (nSPS) is 35.7. The van der Waals surface area contributed by atoms with E-state index in [0.717, 1.165) is 0 Å². The van der Waals surface area contributed by atoms with E-state index >= 15 is 0 Å². The standard InChI is InChI=1S/C36H43NO13.2Ac/c1-17-21(49-32(44)27(41)25(37-18(2)38)20-12-9-13-47-20)15-36(46)30(50-31(43)19-10-7-6-8-11-19)28-34(5,22(39)14-23-35(28,45)16-48-23)29(42)26(40)24(17)33(36,3)4;;/h6-13,21-23,25-28,30,39-41,45-46H,14-16H2,1-5H3,(H,37,38);;/t21?,22?,23?,25?,26?,27?,28?,30?,34-,35?,36?;;/m1../s1. The Morgan fingerprint density at radius 3 is 2.21 bits per heavy atom. The Hall–Kier alpha value is -1.04. The van der Waals surface area contributed by atoms with Crippen molar-refractivity contribution < 1.29 is 151 Å². The Morgan fingerprint density at radius 1 is 1.00 bits per heavy atom. The van der Waals surface area contributed by atoms with Gasteiger partial charge in [0.05, 0.1) is 36.1 Å². The largest absolute Gasteiger partial charge is 0.467 e. The number of hydrogen-bond acceptors (Lipinski definition) is 13. The Labute approximate surface area is 372 Å². The number of carbonyl (C=O) groups is 4. The second-order valence-corrected chi connectivity index (χ2v) is 14.7. The van der Waals surface area contributed by atoms with Crippen molar-refractivity contribution in [2.24, 2.45) is 16.7 Å². The summed E-state index contributed by atoms with van der Waals surface area (Å²) in [6.45, 7) is 6.84. The maximum Gasteiger partial charge on any atom is 0.338 e. The fourth-order valence-corrected chi connectivity index (χ4v) is 8.72. The Kier molecular flexibility index (Phi) is 13.3. The molecule has 2 heterocycles. The van der Waals surface area contributed by atoms with Gasteiger partial charge >= 0.3 is 11.9 Å². The number of Topliss-reactive ketones (excluding diaryl/α,β-unsaturated/α-hetero) is 1. The zero-order valence-electron chi connectivity index (χ0n) is 29.5. The number of fused-ring (bicyclic) bond motifs is 5. The Morgan fingerprint density at radius 2 is 1.65 bits per heavy atom. The van der Waals surface area contributed by atoms with Crippen LogP contribution < -0.4 is 5.32 Å². The van der Waals surface area contributed by atoms with Gasteiger partial charge in [0.2, 0.25) is 5.91 Å². The van der Waals surface area contributed by atoms with Gasteiger partial charge < -0.3 is 49.5 Å². The van der Waals surface area contributed by atoms with Gasteiger partial charge in [0, 0.05) is 119 Å². The summed E-state index contributed by atoms with van der Waals surface area (Å²) in [6, 6.07) is 9.47. The third kappa shape index (κ3) is 6.88. The van der Waals surface area contributed by atoms with Crippen molar-refractivity contribution in [3.63, 3.8) is 0 Å². The van der Waals surface area contributed by atoms with Gasteiger partial charge in [-0.1, -0.05) is 32.0 Å². The van der Waals surface area contributed by atoms with Crippen LogP contribution in [0.25, 0.3) is 0 Å². The first kappa shape index (κ1) is 43.7. The zero-order chi connectivity index (χ0) is 36.6. The smallest absolute Gasteiger partial charge is 0.338 e. The third-order valence-corrected chi connectivity index (χ3v) is 11.6. The molecule has 6 rings (SSSR count). The quantitative estimate of drug-likeness (QED) is 0.168. The van der Waals surface area contributed by atoms with Crippen molar-refractivity contribution in [2.45, 2.75) is 101 Å². The van der Waals surface area contributed by atoms with Gasteiger partial charge in [0.25, 0.3) is 0 Å². The summed E-state index contributed by atoms with van der Waals surface area (Å²) in [5, 5.41) is 62.3. The molecule has 3 fully saturated rings. The molecule has 6 N–H and O–H groups in total. The first-order chi connectivity index (χ1) is 23.4. The number of benzene rings is 1. The van der Waals surface area contributed by atoms with E-state index in [-0.39, 0.29) is 124 Å². The minimum Gasteiger partial charge on any atom is -0.467 e. The summed E-state index contributed by atoms with van der Waals surface area (Å²) in [7, 11) is 0. The third-order valence-electron chi connectivity index (χ3n) is 11.6. The molecule has 11 atom stereocenters. The van der Waals surface area contributed by atoms with Crippen LogP contribution >= 0.6 is 0 Å². The molecule has 1 amide bonds. The summed E-state index contributed by atoms with van der Waals surface area (Å²) >= 11 is 0. The molecule has 52 heavy (non-hydrogen) atoms. The molecule has 1 saturated heterocycles. The molecule has 3 aliphatic carbocycles. The Bertz CT molecular complexity index is 1720. The average Bonchev–Trinajstić information content (AvgIpc) is 3.60. The van der Waals surface area contributed by atoms with Gasteiger partial charge in [-0.15, -0.1) is 0 Å². The molecule has 2 saturated carbocycles. The number of esters is 2. The maximum absolute atomic E-state index is 14.6. The number of carbonyl (C=O) groups excluding carboxylic acids is 4.